The summed E-state index contributed by atoms with van der Waals surface area (Å²) >= 11 is 0. The molecule has 1 aromatic rings. The maximum Gasteiger partial charge on any atom is 0.182 e. The molecule has 102 valence electrons. The zero-order valence-corrected chi connectivity index (χ0v) is 11.1. The van der Waals surface area contributed by atoms with Crippen LogP contribution in [0.1, 0.15) is 12.8 Å². The molecule has 0 amide bonds. The predicted octanol–water partition coefficient (Wildman–Crippen LogP) is -0.317. The lowest BCUT2D eigenvalue weighted by Crippen LogP contribution is -2.09. The SMILES string of the molecule is CS(=O)(=O)c1c(NCC2CC2)nn(CCO)c1N. The number of anilines is 2. The molecule has 0 bridgehead atoms. The fourth-order valence-corrected chi connectivity index (χ4v) is 2.72. The van der Waals surface area contributed by atoms with E-state index in [1.54, 1.807) is 0 Å². The molecule has 1 saturated carbocycles. The molecular formula is C10H18N4O3S. The molecule has 7 nitrogen and oxygen atoms in total. The molecule has 18 heavy (non-hydrogen) atoms. The number of rotatable bonds is 6. The Kier molecular flexibility index (Phi) is 3.49. The normalized spacial score (nSPS) is 15.9. The van der Waals surface area contributed by atoms with E-state index >= 15 is 0 Å². The molecule has 1 aromatic heterocycles. The van der Waals surface area contributed by atoms with E-state index in [0.29, 0.717) is 12.5 Å². The van der Waals surface area contributed by atoms with Gasteiger partial charge in [0.15, 0.2) is 20.6 Å². The summed E-state index contributed by atoms with van der Waals surface area (Å²) in [4.78, 5) is 0.0246. The minimum Gasteiger partial charge on any atom is -0.394 e. The lowest BCUT2D eigenvalue weighted by molar-refractivity contribution is 0.270. The Bertz CT molecular complexity index is 534. The van der Waals surface area contributed by atoms with E-state index in [0.717, 1.165) is 19.1 Å². The van der Waals surface area contributed by atoms with Gasteiger partial charge in [0, 0.05) is 12.8 Å². The van der Waals surface area contributed by atoms with E-state index in [1.807, 2.05) is 0 Å². The Balaban J connectivity index is 2.32. The Labute approximate surface area is 106 Å². The summed E-state index contributed by atoms with van der Waals surface area (Å²) in [5, 5.41) is 16.0. The summed E-state index contributed by atoms with van der Waals surface area (Å²) in [5.41, 5.74) is 5.77. The summed E-state index contributed by atoms with van der Waals surface area (Å²) in [7, 11) is -3.44. The van der Waals surface area contributed by atoms with Crippen LogP contribution < -0.4 is 11.1 Å². The zero-order valence-electron chi connectivity index (χ0n) is 10.3. The first-order valence-electron chi connectivity index (χ1n) is 5.84. The number of nitrogens with two attached hydrogens (primary N) is 1. The lowest BCUT2D eigenvalue weighted by Gasteiger charge is -2.03. The van der Waals surface area contributed by atoms with Gasteiger partial charge in [-0.2, -0.15) is 5.10 Å². The number of nitrogens with one attached hydrogen (secondary N) is 1. The highest BCUT2D eigenvalue weighted by atomic mass is 32.2. The van der Waals surface area contributed by atoms with Crippen LogP contribution in [0.3, 0.4) is 0 Å². The number of nitrogens with zero attached hydrogens (tertiary/aromatic N) is 2. The van der Waals surface area contributed by atoms with E-state index in [9.17, 15) is 8.42 Å². The summed E-state index contributed by atoms with van der Waals surface area (Å²) in [6.07, 6.45) is 3.42. The van der Waals surface area contributed by atoms with Crippen molar-refractivity contribution in [1.82, 2.24) is 9.78 Å². The van der Waals surface area contributed by atoms with Crippen LogP contribution in [0.15, 0.2) is 4.90 Å². The molecule has 4 N–H and O–H groups in total. The van der Waals surface area contributed by atoms with Crippen molar-refractivity contribution in [3.63, 3.8) is 0 Å². The monoisotopic (exact) mass is 274 g/mol. The molecule has 1 aliphatic rings. The third-order valence-corrected chi connectivity index (χ3v) is 4.03. The molecule has 1 fully saturated rings. The molecule has 0 saturated heterocycles. The van der Waals surface area contributed by atoms with Crippen molar-refractivity contribution in [1.29, 1.82) is 0 Å². The predicted molar refractivity (Wildman–Crippen MR) is 68.0 cm³/mol. The highest BCUT2D eigenvalue weighted by Crippen LogP contribution is 2.31. The van der Waals surface area contributed by atoms with Crippen LogP contribution in [0.4, 0.5) is 11.6 Å². The van der Waals surface area contributed by atoms with Crippen molar-refractivity contribution in [3.8, 4) is 0 Å². The summed E-state index contributed by atoms with van der Waals surface area (Å²) in [6.45, 7) is 0.745. The Morgan fingerprint density at radius 3 is 2.72 bits per heavy atom. The minimum atomic E-state index is -3.44. The first-order valence-corrected chi connectivity index (χ1v) is 7.73. The third-order valence-electron chi connectivity index (χ3n) is 2.88. The highest BCUT2D eigenvalue weighted by Gasteiger charge is 2.26. The van der Waals surface area contributed by atoms with Gasteiger partial charge in [-0.25, -0.2) is 13.1 Å². The minimum absolute atomic E-state index is 0.0246. The van der Waals surface area contributed by atoms with Crippen molar-refractivity contribution in [2.45, 2.75) is 24.3 Å². The van der Waals surface area contributed by atoms with Crippen LogP contribution in [-0.2, 0) is 16.4 Å². The van der Waals surface area contributed by atoms with Crippen LogP contribution in [0.5, 0.6) is 0 Å². The third kappa shape index (κ3) is 2.75. The van der Waals surface area contributed by atoms with Gasteiger partial charge in [-0.15, -0.1) is 0 Å². The first kappa shape index (κ1) is 13.2. The lowest BCUT2D eigenvalue weighted by atomic mass is 10.4. The number of hydrogen-bond acceptors (Lipinski definition) is 6. The first-order chi connectivity index (χ1) is 8.43. The molecule has 0 aromatic carbocycles. The van der Waals surface area contributed by atoms with E-state index in [4.69, 9.17) is 10.8 Å². The summed E-state index contributed by atoms with van der Waals surface area (Å²) < 4.78 is 24.7. The van der Waals surface area contributed by atoms with Gasteiger partial charge in [-0.1, -0.05) is 0 Å². The Morgan fingerprint density at radius 2 is 2.22 bits per heavy atom. The number of aromatic nitrogens is 2. The summed E-state index contributed by atoms with van der Waals surface area (Å²) in [6, 6.07) is 0. The number of hydrogen-bond donors (Lipinski definition) is 3. The van der Waals surface area contributed by atoms with Crippen molar-refractivity contribution >= 4 is 21.5 Å². The molecule has 8 heteroatoms. The highest BCUT2D eigenvalue weighted by molar-refractivity contribution is 7.91. The van der Waals surface area contributed by atoms with E-state index in [2.05, 4.69) is 10.4 Å². The van der Waals surface area contributed by atoms with Crippen LogP contribution in [0.2, 0.25) is 0 Å². The van der Waals surface area contributed by atoms with Gasteiger partial charge >= 0.3 is 0 Å². The maximum atomic E-state index is 11.7. The van der Waals surface area contributed by atoms with Gasteiger partial charge in [0.1, 0.15) is 5.82 Å². The van der Waals surface area contributed by atoms with Crippen LogP contribution >= 0.6 is 0 Å². The van der Waals surface area contributed by atoms with Crippen molar-refractivity contribution in [3.05, 3.63) is 0 Å². The average molecular weight is 274 g/mol. The molecule has 0 aliphatic heterocycles. The zero-order chi connectivity index (χ0) is 13.3. The van der Waals surface area contributed by atoms with Gasteiger partial charge in [0.05, 0.1) is 13.2 Å². The number of sulfone groups is 1. The van der Waals surface area contributed by atoms with E-state index < -0.39 is 9.84 Å². The molecule has 0 spiro atoms. The van der Waals surface area contributed by atoms with Gasteiger partial charge in [-0.05, 0) is 18.8 Å². The number of nitrogen functional groups attached to an aromatic ring is 1. The average Bonchev–Trinajstić information content (AvgIpc) is 3.02. The van der Waals surface area contributed by atoms with Crippen LogP contribution in [-0.4, -0.2) is 42.7 Å². The molecule has 1 aliphatic carbocycles. The quantitative estimate of drug-likeness (QED) is 0.656. The van der Waals surface area contributed by atoms with Gasteiger partial charge in [-0.3, -0.25) is 0 Å². The fourth-order valence-electron chi connectivity index (χ4n) is 1.77. The van der Waals surface area contributed by atoms with Crippen LogP contribution in [0.25, 0.3) is 0 Å². The van der Waals surface area contributed by atoms with E-state index in [1.165, 1.54) is 4.68 Å². The maximum absolute atomic E-state index is 11.7. The molecular weight excluding hydrogens is 256 g/mol. The van der Waals surface area contributed by atoms with Crippen LogP contribution in [0, 0.1) is 5.92 Å². The number of aliphatic hydroxyl groups is 1. The second-order valence-corrected chi connectivity index (χ2v) is 6.56. The summed E-state index contributed by atoms with van der Waals surface area (Å²) in [5.74, 6) is 0.960. The smallest absolute Gasteiger partial charge is 0.182 e. The molecule has 0 radical (unpaired) electrons. The topological polar surface area (TPSA) is 110 Å². The molecule has 0 unspecified atom stereocenters. The molecule has 0 atom stereocenters. The van der Waals surface area contributed by atoms with Crippen molar-refractivity contribution < 1.29 is 13.5 Å². The van der Waals surface area contributed by atoms with E-state index in [-0.39, 0.29) is 29.7 Å². The van der Waals surface area contributed by atoms with Crippen molar-refractivity contribution in [2.75, 3.05) is 30.5 Å². The molecule has 2 rings (SSSR count). The van der Waals surface area contributed by atoms with Gasteiger partial charge in [0.25, 0.3) is 0 Å². The largest absolute Gasteiger partial charge is 0.394 e. The number of aliphatic hydroxyl groups excluding tert-OH is 1. The Hall–Kier alpha value is -1.28. The second-order valence-electron chi connectivity index (χ2n) is 4.61. The second kappa shape index (κ2) is 4.77. The van der Waals surface area contributed by atoms with Crippen molar-refractivity contribution in [2.24, 2.45) is 5.92 Å². The standard InChI is InChI=1S/C10H18N4O3S/c1-18(16,17)8-9(11)14(4-5-15)13-10(8)12-6-7-2-3-7/h7,15H,2-6,11H2,1H3,(H,12,13). The fraction of sp³-hybridized carbons (Fsp3) is 0.700. The van der Waals surface area contributed by atoms with Gasteiger partial charge < -0.3 is 16.2 Å². The Morgan fingerprint density at radius 1 is 1.56 bits per heavy atom. The molecule has 1 heterocycles. The van der Waals surface area contributed by atoms with Gasteiger partial charge in [0.2, 0.25) is 0 Å².